The average molecular weight is 368 g/mol. The van der Waals surface area contributed by atoms with Crippen molar-refractivity contribution in [1.29, 1.82) is 0 Å². The van der Waals surface area contributed by atoms with Crippen molar-refractivity contribution in [3.63, 3.8) is 0 Å². The van der Waals surface area contributed by atoms with Crippen molar-refractivity contribution in [2.24, 2.45) is 5.92 Å². The number of ether oxygens (including phenoxy) is 1. The van der Waals surface area contributed by atoms with Crippen LogP contribution in [0.4, 0.5) is 0 Å². The topological polar surface area (TPSA) is 68.3 Å². The van der Waals surface area contributed by atoms with Crippen molar-refractivity contribution >= 4 is 11.9 Å². The molecule has 1 N–H and O–H groups in total. The maximum Gasteiger partial charge on any atom is 0.328 e. The molecule has 2 aromatic rings. The monoisotopic (exact) mass is 368 g/mol. The number of aryl methyl sites for hydroxylation is 2. The molecule has 0 saturated carbocycles. The molecular weight excluding hydrogens is 340 g/mol. The van der Waals surface area contributed by atoms with Crippen molar-refractivity contribution in [3.8, 4) is 0 Å². The summed E-state index contributed by atoms with van der Waals surface area (Å²) in [5, 5.41) is 2.80. The molecule has 0 aliphatic carbocycles. The van der Waals surface area contributed by atoms with Gasteiger partial charge in [-0.15, -0.1) is 0 Å². The number of hydrogen-bond acceptors (Lipinski definition) is 4. The van der Waals surface area contributed by atoms with Crippen LogP contribution >= 0.6 is 0 Å². The molecule has 5 heteroatoms. The Hall–Kier alpha value is -2.69. The zero-order valence-electron chi connectivity index (χ0n) is 16.3. The highest BCUT2D eigenvalue weighted by Crippen LogP contribution is 2.07. The second-order valence-electron chi connectivity index (χ2n) is 6.99. The van der Waals surface area contributed by atoms with Crippen LogP contribution < -0.4 is 5.32 Å². The van der Waals surface area contributed by atoms with Gasteiger partial charge in [0.05, 0.1) is 13.0 Å². The Morgan fingerprint density at radius 2 is 1.81 bits per heavy atom. The minimum atomic E-state index is -0.640. The van der Waals surface area contributed by atoms with E-state index in [1.165, 1.54) is 0 Å². The number of benzene rings is 1. The normalized spacial score (nSPS) is 11.9. The lowest BCUT2D eigenvalue weighted by Crippen LogP contribution is -2.46. The highest BCUT2D eigenvalue weighted by molar-refractivity contribution is 5.85. The molecule has 5 nitrogen and oxygen atoms in total. The van der Waals surface area contributed by atoms with E-state index in [0.29, 0.717) is 13.0 Å². The summed E-state index contributed by atoms with van der Waals surface area (Å²) in [6.45, 7) is 6.05. The van der Waals surface area contributed by atoms with Gasteiger partial charge in [-0.05, 0) is 43.4 Å². The van der Waals surface area contributed by atoms with Gasteiger partial charge in [-0.1, -0.05) is 50.2 Å². The summed E-state index contributed by atoms with van der Waals surface area (Å²) in [4.78, 5) is 29.1. The molecule has 1 aromatic heterocycles. The van der Waals surface area contributed by atoms with Gasteiger partial charge in [0, 0.05) is 11.4 Å². The highest BCUT2D eigenvalue weighted by Gasteiger charge is 2.25. The van der Waals surface area contributed by atoms with Crippen molar-refractivity contribution in [3.05, 3.63) is 65.5 Å². The summed E-state index contributed by atoms with van der Waals surface area (Å²) < 4.78 is 5.39. The van der Waals surface area contributed by atoms with E-state index < -0.39 is 6.04 Å². The molecule has 1 unspecified atom stereocenters. The maximum atomic E-state index is 12.4. The highest BCUT2D eigenvalue weighted by atomic mass is 16.5. The Morgan fingerprint density at radius 3 is 2.48 bits per heavy atom. The number of hydrogen-bond donors (Lipinski definition) is 1. The van der Waals surface area contributed by atoms with Crippen LogP contribution in [0.5, 0.6) is 0 Å². The Balaban J connectivity index is 1.79. The Labute approximate surface area is 161 Å². The van der Waals surface area contributed by atoms with E-state index in [4.69, 9.17) is 4.74 Å². The molecular formula is C22H28N2O3. The number of rotatable bonds is 9. The SMILES string of the molecule is Cc1cccc(CCCOC(=O)C(NC(=O)Cc2ccccc2)C(C)C)n1. The van der Waals surface area contributed by atoms with Crippen LogP contribution in [-0.4, -0.2) is 29.5 Å². The number of carbonyl (C=O) groups excluding carboxylic acids is 2. The van der Waals surface area contributed by atoms with E-state index in [9.17, 15) is 9.59 Å². The van der Waals surface area contributed by atoms with Crippen molar-refractivity contribution in [1.82, 2.24) is 10.3 Å². The summed E-state index contributed by atoms with van der Waals surface area (Å²) in [6, 6.07) is 14.7. The summed E-state index contributed by atoms with van der Waals surface area (Å²) >= 11 is 0. The van der Waals surface area contributed by atoms with Crippen LogP contribution in [0.15, 0.2) is 48.5 Å². The third-order valence-corrected chi connectivity index (χ3v) is 4.21. The molecule has 0 spiro atoms. The minimum Gasteiger partial charge on any atom is -0.464 e. The Bertz CT molecular complexity index is 744. The molecule has 144 valence electrons. The molecule has 0 bridgehead atoms. The number of aromatic nitrogens is 1. The van der Waals surface area contributed by atoms with Crippen LogP contribution in [0.1, 0.15) is 37.2 Å². The summed E-state index contributed by atoms with van der Waals surface area (Å²) in [7, 11) is 0. The first kappa shape index (κ1) is 20.6. The second kappa shape index (κ2) is 10.5. The molecule has 1 atom stereocenters. The Kier molecular flexibility index (Phi) is 7.99. The zero-order valence-corrected chi connectivity index (χ0v) is 16.3. The Morgan fingerprint density at radius 1 is 1.07 bits per heavy atom. The lowest BCUT2D eigenvalue weighted by atomic mass is 10.0. The zero-order chi connectivity index (χ0) is 19.6. The van der Waals surface area contributed by atoms with Gasteiger partial charge in [0.15, 0.2) is 0 Å². The van der Waals surface area contributed by atoms with E-state index >= 15 is 0 Å². The molecule has 0 aliphatic rings. The first-order chi connectivity index (χ1) is 13.0. The molecule has 1 amide bonds. The van der Waals surface area contributed by atoms with Crippen LogP contribution in [-0.2, 0) is 27.2 Å². The van der Waals surface area contributed by atoms with Gasteiger partial charge in [0.2, 0.25) is 5.91 Å². The second-order valence-corrected chi connectivity index (χ2v) is 6.99. The van der Waals surface area contributed by atoms with Crippen molar-refractivity contribution in [2.45, 2.75) is 46.1 Å². The van der Waals surface area contributed by atoms with Gasteiger partial charge < -0.3 is 10.1 Å². The van der Waals surface area contributed by atoms with Crippen LogP contribution in [0.2, 0.25) is 0 Å². The number of carbonyl (C=O) groups is 2. The average Bonchev–Trinajstić information content (AvgIpc) is 2.64. The molecule has 0 radical (unpaired) electrons. The third kappa shape index (κ3) is 7.21. The fourth-order valence-electron chi connectivity index (χ4n) is 2.76. The fraction of sp³-hybridized carbons (Fsp3) is 0.409. The minimum absolute atomic E-state index is 0.0457. The first-order valence-corrected chi connectivity index (χ1v) is 9.38. The number of nitrogens with one attached hydrogen (secondary N) is 1. The van der Waals surface area contributed by atoms with Gasteiger partial charge in [-0.3, -0.25) is 9.78 Å². The van der Waals surface area contributed by atoms with E-state index in [2.05, 4.69) is 10.3 Å². The largest absolute Gasteiger partial charge is 0.464 e. The van der Waals surface area contributed by atoms with E-state index in [0.717, 1.165) is 23.4 Å². The molecule has 2 rings (SSSR count). The number of pyridine rings is 1. The predicted octanol–water partition coefficient (Wildman–Crippen LogP) is 3.25. The predicted molar refractivity (Wildman–Crippen MR) is 105 cm³/mol. The fourth-order valence-corrected chi connectivity index (χ4v) is 2.76. The third-order valence-electron chi connectivity index (χ3n) is 4.21. The van der Waals surface area contributed by atoms with Crippen LogP contribution in [0.3, 0.4) is 0 Å². The van der Waals surface area contributed by atoms with Gasteiger partial charge in [-0.2, -0.15) is 0 Å². The summed E-state index contributed by atoms with van der Waals surface area (Å²) in [5.41, 5.74) is 2.88. The first-order valence-electron chi connectivity index (χ1n) is 9.38. The quantitative estimate of drug-likeness (QED) is 0.545. The maximum absolute atomic E-state index is 12.4. The van der Waals surface area contributed by atoms with Gasteiger partial charge >= 0.3 is 5.97 Å². The lowest BCUT2D eigenvalue weighted by molar-refractivity contribution is -0.149. The van der Waals surface area contributed by atoms with E-state index in [1.54, 1.807) is 0 Å². The lowest BCUT2D eigenvalue weighted by Gasteiger charge is -2.21. The van der Waals surface area contributed by atoms with Crippen molar-refractivity contribution < 1.29 is 14.3 Å². The summed E-state index contributed by atoms with van der Waals surface area (Å²) in [6.07, 6.45) is 1.70. The molecule has 0 fully saturated rings. The van der Waals surface area contributed by atoms with Crippen molar-refractivity contribution in [2.75, 3.05) is 6.61 Å². The number of nitrogens with zero attached hydrogens (tertiary/aromatic N) is 1. The standard InChI is InChI=1S/C22H28N2O3/c1-16(2)21(24-20(25)15-18-10-5-4-6-11-18)22(26)27-14-8-13-19-12-7-9-17(3)23-19/h4-7,9-12,16,21H,8,13-15H2,1-3H3,(H,24,25). The molecule has 0 aliphatic heterocycles. The van der Waals surface area contributed by atoms with Crippen LogP contribution in [0, 0.1) is 12.8 Å². The molecule has 1 heterocycles. The smallest absolute Gasteiger partial charge is 0.328 e. The van der Waals surface area contributed by atoms with Gasteiger partial charge in [0.25, 0.3) is 0 Å². The van der Waals surface area contributed by atoms with Gasteiger partial charge in [0.1, 0.15) is 6.04 Å². The van der Waals surface area contributed by atoms with Crippen LogP contribution in [0.25, 0.3) is 0 Å². The van der Waals surface area contributed by atoms with E-state index in [1.807, 2.05) is 69.3 Å². The molecule has 0 saturated heterocycles. The van der Waals surface area contributed by atoms with E-state index in [-0.39, 0.29) is 24.2 Å². The number of amides is 1. The van der Waals surface area contributed by atoms with Gasteiger partial charge in [-0.25, -0.2) is 4.79 Å². The number of esters is 1. The summed E-state index contributed by atoms with van der Waals surface area (Å²) in [5.74, 6) is -0.611. The molecule has 1 aromatic carbocycles. The molecule has 27 heavy (non-hydrogen) atoms.